The number of alkyl halides is 3. The van der Waals surface area contributed by atoms with Gasteiger partial charge in [0.05, 0.1) is 11.1 Å². The summed E-state index contributed by atoms with van der Waals surface area (Å²) < 4.78 is 64.3. The summed E-state index contributed by atoms with van der Waals surface area (Å²) in [4.78, 5) is 3.55. The predicted molar refractivity (Wildman–Crippen MR) is 56.3 cm³/mol. The van der Waals surface area contributed by atoms with Crippen molar-refractivity contribution >= 4 is 0 Å². The van der Waals surface area contributed by atoms with E-state index in [1.807, 2.05) is 0 Å². The Hall–Kier alpha value is -2.18. The normalized spacial score (nSPS) is 11.6. The molecule has 0 saturated heterocycles. The molecule has 0 aliphatic heterocycles. The zero-order chi connectivity index (χ0) is 14.2. The molecular weight excluding hydrogens is 269 g/mol. The Balaban J connectivity index is 2.65. The van der Waals surface area contributed by atoms with Crippen molar-refractivity contribution in [2.45, 2.75) is 6.18 Å². The van der Waals surface area contributed by atoms with Crippen LogP contribution in [-0.4, -0.2) is 10.1 Å². The van der Waals surface area contributed by atoms with Gasteiger partial charge in [0.25, 0.3) is 0 Å². The highest BCUT2D eigenvalue weighted by Gasteiger charge is 2.33. The topological polar surface area (TPSA) is 33.1 Å². The third-order valence-corrected chi connectivity index (χ3v) is 2.39. The number of pyridine rings is 1. The highest BCUT2D eigenvalue weighted by atomic mass is 19.4. The Morgan fingerprint density at radius 1 is 1.05 bits per heavy atom. The van der Waals surface area contributed by atoms with E-state index in [0.717, 1.165) is 12.3 Å². The fraction of sp³-hybridized carbons (Fsp3) is 0.0833. The van der Waals surface area contributed by atoms with E-state index < -0.39 is 40.4 Å². The number of hydrogen-bond donors (Lipinski definition) is 1. The number of benzene rings is 1. The monoisotopic (exact) mass is 275 g/mol. The van der Waals surface area contributed by atoms with Crippen molar-refractivity contribution in [3.05, 3.63) is 47.7 Å². The summed E-state index contributed by atoms with van der Waals surface area (Å²) in [6.07, 6.45) is -3.70. The van der Waals surface area contributed by atoms with E-state index in [9.17, 15) is 27.1 Å². The molecule has 0 fully saturated rings. The molecule has 1 aromatic carbocycles. The molecular formula is C12H6F5NO. The molecule has 1 aromatic heterocycles. The van der Waals surface area contributed by atoms with Gasteiger partial charge in [-0.15, -0.1) is 0 Å². The van der Waals surface area contributed by atoms with Gasteiger partial charge in [-0.25, -0.2) is 8.78 Å². The molecule has 0 aliphatic carbocycles. The molecule has 1 N–H and O–H groups in total. The molecule has 0 atom stereocenters. The largest absolute Gasteiger partial charge is 0.506 e. The Labute approximate surface area is 104 Å². The van der Waals surface area contributed by atoms with E-state index >= 15 is 0 Å². The molecule has 2 rings (SSSR count). The summed E-state index contributed by atoms with van der Waals surface area (Å²) >= 11 is 0. The summed E-state index contributed by atoms with van der Waals surface area (Å²) in [5.74, 6) is -3.41. The molecule has 100 valence electrons. The Morgan fingerprint density at radius 2 is 1.63 bits per heavy atom. The van der Waals surface area contributed by atoms with Gasteiger partial charge in [0.2, 0.25) is 0 Å². The average Bonchev–Trinajstić information content (AvgIpc) is 2.29. The van der Waals surface area contributed by atoms with Crippen molar-refractivity contribution in [2.75, 3.05) is 0 Å². The summed E-state index contributed by atoms with van der Waals surface area (Å²) in [7, 11) is 0. The van der Waals surface area contributed by atoms with E-state index in [2.05, 4.69) is 4.98 Å². The van der Waals surface area contributed by atoms with Crippen LogP contribution in [0.25, 0.3) is 11.3 Å². The van der Waals surface area contributed by atoms with Gasteiger partial charge in [0, 0.05) is 6.20 Å². The first-order valence-corrected chi connectivity index (χ1v) is 5.01. The first kappa shape index (κ1) is 13.3. The molecule has 7 heteroatoms. The minimum Gasteiger partial charge on any atom is -0.506 e. The maximum absolute atomic E-state index is 13.6. The van der Waals surface area contributed by atoms with E-state index in [0.29, 0.717) is 0 Å². The molecule has 2 aromatic rings. The van der Waals surface area contributed by atoms with Crippen LogP contribution >= 0.6 is 0 Å². The van der Waals surface area contributed by atoms with Crippen molar-refractivity contribution in [1.29, 1.82) is 0 Å². The van der Waals surface area contributed by atoms with Crippen LogP contribution in [0, 0.1) is 11.6 Å². The fourth-order valence-electron chi connectivity index (χ4n) is 1.55. The Bertz CT molecular complexity index is 601. The molecule has 1 heterocycles. The van der Waals surface area contributed by atoms with Crippen molar-refractivity contribution in [3.8, 4) is 17.0 Å². The summed E-state index contributed by atoms with van der Waals surface area (Å²) in [6.45, 7) is 0. The standard InChI is InChI=1S/C12H6F5NO/c13-7-4-6(12(15,16)17)5-8(14)10(7)11-9(19)2-1-3-18-11/h1-5,19H. The highest BCUT2D eigenvalue weighted by molar-refractivity contribution is 5.67. The zero-order valence-corrected chi connectivity index (χ0v) is 9.17. The maximum atomic E-state index is 13.6. The van der Waals surface area contributed by atoms with Crippen molar-refractivity contribution in [1.82, 2.24) is 4.98 Å². The lowest BCUT2D eigenvalue weighted by molar-refractivity contribution is -0.137. The van der Waals surface area contributed by atoms with Crippen LogP contribution < -0.4 is 0 Å². The van der Waals surface area contributed by atoms with Crippen LogP contribution in [0.1, 0.15) is 5.56 Å². The third kappa shape index (κ3) is 2.49. The molecule has 0 spiro atoms. The summed E-state index contributed by atoms with van der Waals surface area (Å²) in [5.41, 5.74) is -2.70. The second kappa shape index (κ2) is 4.49. The number of hydrogen-bond acceptors (Lipinski definition) is 2. The van der Waals surface area contributed by atoms with Crippen LogP contribution in [0.4, 0.5) is 22.0 Å². The van der Waals surface area contributed by atoms with Gasteiger partial charge in [-0.05, 0) is 24.3 Å². The van der Waals surface area contributed by atoms with Gasteiger partial charge in [0.15, 0.2) is 0 Å². The van der Waals surface area contributed by atoms with Gasteiger partial charge in [-0.3, -0.25) is 4.98 Å². The molecule has 19 heavy (non-hydrogen) atoms. The highest BCUT2D eigenvalue weighted by Crippen LogP contribution is 2.36. The van der Waals surface area contributed by atoms with Gasteiger partial charge < -0.3 is 5.11 Å². The van der Waals surface area contributed by atoms with Crippen LogP contribution in [-0.2, 0) is 6.18 Å². The van der Waals surface area contributed by atoms with E-state index in [4.69, 9.17) is 0 Å². The lowest BCUT2D eigenvalue weighted by Gasteiger charge is -2.11. The van der Waals surface area contributed by atoms with Crippen molar-refractivity contribution in [3.63, 3.8) is 0 Å². The fourth-order valence-corrected chi connectivity index (χ4v) is 1.55. The molecule has 0 unspecified atom stereocenters. The zero-order valence-electron chi connectivity index (χ0n) is 9.17. The molecule has 0 bridgehead atoms. The smallest absolute Gasteiger partial charge is 0.416 e. The molecule has 0 saturated carbocycles. The quantitative estimate of drug-likeness (QED) is 0.804. The van der Waals surface area contributed by atoms with Crippen LogP contribution in [0.5, 0.6) is 5.75 Å². The van der Waals surface area contributed by atoms with Crippen LogP contribution in [0.2, 0.25) is 0 Å². The lowest BCUT2D eigenvalue weighted by Crippen LogP contribution is -2.07. The second-order valence-corrected chi connectivity index (χ2v) is 3.68. The minimum absolute atomic E-state index is 0.159. The summed E-state index contributed by atoms with van der Waals surface area (Å²) in [6, 6.07) is 2.76. The van der Waals surface area contributed by atoms with E-state index in [-0.39, 0.29) is 12.1 Å². The van der Waals surface area contributed by atoms with Gasteiger partial charge in [-0.1, -0.05) is 0 Å². The number of rotatable bonds is 1. The summed E-state index contributed by atoms with van der Waals surface area (Å²) in [5, 5.41) is 9.42. The van der Waals surface area contributed by atoms with Gasteiger partial charge >= 0.3 is 6.18 Å². The molecule has 0 aliphatic rings. The SMILES string of the molecule is Oc1cccnc1-c1c(F)cc(C(F)(F)F)cc1F. The lowest BCUT2D eigenvalue weighted by atomic mass is 10.1. The first-order chi connectivity index (χ1) is 8.80. The van der Waals surface area contributed by atoms with Gasteiger partial charge in [0.1, 0.15) is 23.1 Å². The maximum Gasteiger partial charge on any atom is 0.416 e. The minimum atomic E-state index is -4.85. The number of aromatic nitrogens is 1. The third-order valence-electron chi connectivity index (χ3n) is 2.39. The average molecular weight is 275 g/mol. The molecule has 0 radical (unpaired) electrons. The second-order valence-electron chi connectivity index (χ2n) is 3.68. The van der Waals surface area contributed by atoms with Crippen molar-refractivity contribution < 1.29 is 27.1 Å². The van der Waals surface area contributed by atoms with Crippen LogP contribution in [0.15, 0.2) is 30.5 Å². The number of nitrogens with zero attached hydrogens (tertiary/aromatic N) is 1. The van der Waals surface area contributed by atoms with E-state index in [1.54, 1.807) is 0 Å². The first-order valence-electron chi connectivity index (χ1n) is 5.01. The Kier molecular flexibility index (Phi) is 3.13. The predicted octanol–water partition coefficient (Wildman–Crippen LogP) is 3.75. The van der Waals surface area contributed by atoms with Crippen LogP contribution in [0.3, 0.4) is 0 Å². The number of aromatic hydroxyl groups is 1. The van der Waals surface area contributed by atoms with E-state index in [1.165, 1.54) is 6.07 Å². The van der Waals surface area contributed by atoms with Crippen molar-refractivity contribution in [2.24, 2.45) is 0 Å². The molecule has 2 nitrogen and oxygen atoms in total. The molecule has 0 amide bonds. The Morgan fingerprint density at radius 3 is 2.11 bits per heavy atom. The number of halogens is 5. The van der Waals surface area contributed by atoms with Gasteiger partial charge in [-0.2, -0.15) is 13.2 Å².